The summed E-state index contributed by atoms with van der Waals surface area (Å²) >= 11 is 1.39. The predicted octanol–water partition coefficient (Wildman–Crippen LogP) is 3.77. The highest BCUT2D eigenvalue weighted by Gasteiger charge is 2.13. The fraction of sp³-hybridized carbons (Fsp3) is 0.182. The number of nitrogens with zero attached hydrogens (tertiary/aromatic N) is 2. The van der Waals surface area contributed by atoms with Crippen LogP contribution in [0.25, 0.3) is 21.9 Å². The molecule has 0 aliphatic heterocycles. The number of hydrogen-bond donors (Lipinski definition) is 1. The van der Waals surface area contributed by atoms with E-state index in [0.717, 1.165) is 10.9 Å². The van der Waals surface area contributed by atoms with Gasteiger partial charge in [-0.1, -0.05) is 23.9 Å². The van der Waals surface area contributed by atoms with E-state index in [1.165, 1.54) is 24.8 Å². The van der Waals surface area contributed by atoms with Crippen LogP contribution in [0.2, 0.25) is 0 Å². The summed E-state index contributed by atoms with van der Waals surface area (Å²) in [7, 11) is 0. The van der Waals surface area contributed by atoms with Crippen molar-refractivity contribution in [3.8, 4) is 0 Å². The first-order valence-corrected chi connectivity index (χ1v) is 10.4. The summed E-state index contributed by atoms with van der Waals surface area (Å²) in [4.78, 5) is 40.8. The number of carbonyl (C=O) groups excluding carboxylic acids is 1. The van der Waals surface area contributed by atoms with E-state index in [0.29, 0.717) is 39.6 Å². The number of aromatic nitrogens is 2. The maximum absolute atomic E-state index is 12.8. The van der Waals surface area contributed by atoms with Crippen molar-refractivity contribution in [1.82, 2.24) is 9.55 Å². The van der Waals surface area contributed by atoms with E-state index in [4.69, 9.17) is 4.42 Å². The van der Waals surface area contributed by atoms with Gasteiger partial charge in [0.2, 0.25) is 5.91 Å². The molecule has 4 rings (SSSR count). The Bertz CT molecular complexity index is 1390. The Hall–Kier alpha value is -3.39. The SMILES string of the molecule is CCn1c(SCc2cc(=O)oc3cc(NC(C)=O)ccc23)nc2ccccc2c1=O. The number of thioether (sulfide) groups is 1. The lowest BCUT2D eigenvalue weighted by Gasteiger charge is -2.12. The lowest BCUT2D eigenvalue weighted by Crippen LogP contribution is -2.22. The van der Waals surface area contributed by atoms with Gasteiger partial charge in [0.1, 0.15) is 5.58 Å². The summed E-state index contributed by atoms with van der Waals surface area (Å²) in [6, 6.07) is 13.9. The number of nitrogens with one attached hydrogen (secondary N) is 1. The summed E-state index contributed by atoms with van der Waals surface area (Å²) in [5.41, 5.74) is 1.81. The van der Waals surface area contributed by atoms with Crippen LogP contribution in [0, 0.1) is 0 Å². The molecule has 4 aromatic rings. The zero-order valence-corrected chi connectivity index (χ0v) is 17.3. The van der Waals surface area contributed by atoms with Crippen molar-refractivity contribution in [3.63, 3.8) is 0 Å². The molecule has 7 nitrogen and oxygen atoms in total. The summed E-state index contributed by atoms with van der Waals surface area (Å²) in [6.45, 7) is 3.81. The number of fused-ring (bicyclic) bond motifs is 2. The lowest BCUT2D eigenvalue weighted by atomic mass is 10.1. The highest BCUT2D eigenvalue weighted by molar-refractivity contribution is 7.98. The molecule has 0 saturated heterocycles. The molecular formula is C22H19N3O4S. The monoisotopic (exact) mass is 421 g/mol. The van der Waals surface area contributed by atoms with Gasteiger partial charge in [0.15, 0.2) is 5.16 Å². The second-order valence-electron chi connectivity index (χ2n) is 6.73. The van der Waals surface area contributed by atoms with Gasteiger partial charge in [-0.25, -0.2) is 9.78 Å². The third kappa shape index (κ3) is 3.86. The Balaban J connectivity index is 1.72. The average molecular weight is 421 g/mol. The minimum atomic E-state index is -0.475. The number of rotatable bonds is 5. The number of benzene rings is 2. The van der Waals surface area contributed by atoms with Crippen LogP contribution >= 0.6 is 11.8 Å². The van der Waals surface area contributed by atoms with Crippen LogP contribution in [0.3, 0.4) is 0 Å². The number of hydrogen-bond acceptors (Lipinski definition) is 6. The van der Waals surface area contributed by atoms with Gasteiger partial charge in [0, 0.05) is 42.4 Å². The van der Waals surface area contributed by atoms with Crippen LogP contribution in [0.1, 0.15) is 19.4 Å². The van der Waals surface area contributed by atoms with Gasteiger partial charge in [-0.15, -0.1) is 0 Å². The third-order valence-electron chi connectivity index (χ3n) is 4.65. The van der Waals surface area contributed by atoms with Crippen molar-refractivity contribution in [1.29, 1.82) is 0 Å². The summed E-state index contributed by atoms with van der Waals surface area (Å²) in [6.07, 6.45) is 0. The number of para-hydroxylation sites is 1. The largest absolute Gasteiger partial charge is 0.423 e. The fourth-order valence-electron chi connectivity index (χ4n) is 3.31. The van der Waals surface area contributed by atoms with Crippen molar-refractivity contribution in [3.05, 3.63) is 74.9 Å². The van der Waals surface area contributed by atoms with E-state index in [-0.39, 0.29) is 11.5 Å². The minimum absolute atomic E-state index is 0.0806. The van der Waals surface area contributed by atoms with E-state index >= 15 is 0 Å². The maximum Gasteiger partial charge on any atom is 0.336 e. The molecule has 152 valence electrons. The quantitative estimate of drug-likeness (QED) is 0.299. The molecule has 0 bridgehead atoms. The number of amides is 1. The molecule has 0 spiro atoms. The molecule has 30 heavy (non-hydrogen) atoms. The molecule has 2 heterocycles. The predicted molar refractivity (Wildman–Crippen MR) is 118 cm³/mol. The molecule has 0 saturated carbocycles. The van der Waals surface area contributed by atoms with Crippen LogP contribution in [-0.4, -0.2) is 15.5 Å². The zero-order chi connectivity index (χ0) is 21.3. The first-order valence-electron chi connectivity index (χ1n) is 9.43. The van der Waals surface area contributed by atoms with Crippen LogP contribution in [0.4, 0.5) is 5.69 Å². The van der Waals surface area contributed by atoms with Gasteiger partial charge >= 0.3 is 5.63 Å². The van der Waals surface area contributed by atoms with E-state index in [1.807, 2.05) is 25.1 Å². The first kappa shape index (κ1) is 19.9. The van der Waals surface area contributed by atoms with E-state index in [1.54, 1.807) is 28.8 Å². The van der Waals surface area contributed by atoms with Gasteiger partial charge in [0.25, 0.3) is 5.56 Å². The molecule has 0 aliphatic rings. The van der Waals surface area contributed by atoms with Gasteiger partial charge in [-0.3, -0.25) is 14.2 Å². The van der Waals surface area contributed by atoms with Crippen LogP contribution in [0.5, 0.6) is 0 Å². The van der Waals surface area contributed by atoms with Crippen LogP contribution in [-0.2, 0) is 17.1 Å². The third-order valence-corrected chi connectivity index (χ3v) is 5.68. The molecule has 0 fully saturated rings. The summed E-state index contributed by atoms with van der Waals surface area (Å²) in [5.74, 6) is 0.232. The lowest BCUT2D eigenvalue weighted by molar-refractivity contribution is -0.114. The molecule has 0 unspecified atom stereocenters. The minimum Gasteiger partial charge on any atom is -0.423 e. The van der Waals surface area contributed by atoms with Crippen molar-refractivity contribution >= 4 is 45.2 Å². The highest BCUT2D eigenvalue weighted by atomic mass is 32.2. The molecule has 8 heteroatoms. The van der Waals surface area contributed by atoms with Crippen molar-refractivity contribution in [2.45, 2.75) is 31.3 Å². The van der Waals surface area contributed by atoms with Crippen molar-refractivity contribution in [2.24, 2.45) is 0 Å². The van der Waals surface area contributed by atoms with Crippen molar-refractivity contribution in [2.75, 3.05) is 5.32 Å². The van der Waals surface area contributed by atoms with Gasteiger partial charge in [0.05, 0.1) is 10.9 Å². The van der Waals surface area contributed by atoms with E-state index < -0.39 is 5.63 Å². The molecule has 0 aliphatic carbocycles. The molecule has 0 atom stereocenters. The summed E-state index contributed by atoms with van der Waals surface area (Å²) < 4.78 is 6.95. The number of carbonyl (C=O) groups is 1. The second-order valence-corrected chi connectivity index (χ2v) is 7.67. The Morgan fingerprint density at radius 2 is 1.93 bits per heavy atom. The standard InChI is InChI=1S/C22H19N3O4S/c1-3-25-21(28)17-6-4-5-7-18(17)24-22(25)30-12-14-10-20(27)29-19-11-15(23-13(2)26)8-9-16(14)19/h4-11H,3,12H2,1-2H3,(H,23,26). The first-order chi connectivity index (χ1) is 14.5. The topological polar surface area (TPSA) is 94.2 Å². The normalized spacial score (nSPS) is 11.1. The Labute approximate surface area is 175 Å². The molecule has 2 aromatic heterocycles. The van der Waals surface area contributed by atoms with Gasteiger partial charge in [-0.05, 0) is 36.8 Å². The maximum atomic E-state index is 12.8. The van der Waals surface area contributed by atoms with Crippen molar-refractivity contribution < 1.29 is 9.21 Å². The Morgan fingerprint density at radius 1 is 1.13 bits per heavy atom. The second kappa shape index (κ2) is 8.16. The van der Waals surface area contributed by atoms with E-state index in [2.05, 4.69) is 10.3 Å². The molecule has 1 amide bonds. The highest BCUT2D eigenvalue weighted by Crippen LogP contribution is 2.27. The molecule has 2 aromatic carbocycles. The van der Waals surface area contributed by atoms with Crippen LogP contribution < -0.4 is 16.5 Å². The van der Waals surface area contributed by atoms with Gasteiger partial charge in [-0.2, -0.15) is 0 Å². The zero-order valence-electron chi connectivity index (χ0n) is 16.5. The smallest absolute Gasteiger partial charge is 0.336 e. The Morgan fingerprint density at radius 3 is 2.70 bits per heavy atom. The molecule has 1 N–H and O–H groups in total. The molecular weight excluding hydrogens is 402 g/mol. The van der Waals surface area contributed by atoms with Gasteiger partial charge < -0.3 is 9.73 Å². The average Bonchev–Trinajstić information content (AvgIpc) is 2.71. The fourth-order valence-corrected chi connectivity index (χ4v) is 4.36. The molecule has 0 radical (unpaired) electrons. The van der Waals surface area contributed by atoms with E-state index in [9.17, 15) is 14.4 Å². The number of anilines is 1. The van der Waals surface area contributed by atoms with Crippen LogP contribution in [0.15, 0.2) is 67.7 Å². The Kier molecular flexibility index (Phi) is 5.41. The summed E-state index contributed by atoms with van der Waals surface area (Å²) in [5, 5.41) is 4.62.